The van der Waals surface area contributed by atoms with Gasteiger partial charge in [0.15, 0.2) is 0 Å². The highest BCUT2D eigenvalue weighted by atomic mass is 16.5. The topological polar surface area (TPSA) is 117 Å². The summed E-state index contributed by atoms with van der Waals surface area (Å²) in [6.45, 7) is 4.26. The molecule has 0 bridgehead atoms. The van der Waals surface area contributed by atoms with Crippen molar-refractivity contribution in [3.05, 3.63) is 70.8 Å². The Morgan fingerprint density at radius 3 is 2.09 bits per heavy atom. The Labute approximate surface area is 200 Å². The predicted molar refractivity (Wildman–Crippen MR) is 130 cm³/mol. The standard InChI is InChI=1S/C25H26N4O4.CH4/c26-17-23(25(31)28-32)27-24(30)22-11-9-20(10-12-22)4-2-1-3-19-5-7-21(8-6-19)18-29-13-15-33-16-14-29;/h5-12,23,32H,13-18,26H2,(H,27,30)(H,28,31);1H4/t23-;/m0./s1. The molecule has 0 spiro atoms. The van der Waals surface area contributed by atoms with Gasteiger partial charge in [-0.1, -0.05) is 31.4 Å². The Kier molecular flexibility index (Phi) is 10.8. The molecule has 0 aromatic heterocycles. The van der Waals surface area contributed by atoms with Crippen molar-refractivity contribution in [3.8, 4) is 23.7 Å². The van der Waals surface area contributed by atoms with Gasteiger partial charge in [-0.25, -0.2) is 5.48 Å². The maximum atomic E-state index is 12.2. The summed E-state index contributed by atoms with van der Waals surface area (Å²) in [5.41, 5.74) is 10.1. The van der Waals surface area contributed by atoms with E-state index in [9.17, 15) is 9.59 Å². The number of nitrogens with one attached hydrogen (secondary N) is 2. The molecule has 0 unspecified atom stereocenters. The second-order valence-corrected chi connectivity index (χ2v) is 7.40. The lowest BCUT2D eigenvalue weighted by atomic mass is 10.1. The first-order chi connectivity index (χ1) is 16.1. The summed E-state index contributed by atoms with van der Waals surface area (Å²) < 4.78 is 5.37. The maximum absolute atomic E-state index is 12.2. The lowest BCUT2D eigenvalue weighted by Crippen LogP contribution is -2.50. The van der Waals surface area contributed by atoms with Crippen molar-refractivity contribution in [2.24, 2.45) is 5.73 Å². The number of morpholine rings is 1. The Morgan fingerprint density at radius 2 is 1.56 bits per heavy atom. The molecule has 0 radical (unpaired) electrons. The largest absolute Gasteiger partial charge is 0.379 e. The van der Waals surface area contributed by atoms with E-state index >= 15 is 0 Å². The molecule has 1 aliphatic rings. The number of nitrogens with two attached hydrogens (primary N) is 1. The zero-order valence-electron chi connectivity index (χ0n) is 18.1. The molecule has 2 amide bonds. The zero-order chi connectivity index (χ0) is 23.5. The third-order valence-electron chi connectivity index (χ3n) is 5.05. The number of amides is 2. The summed E-state index contributed by atoms with van der Waals surface area (Å²) in [6, 6.07) is 13.7. The Bertz CT molecular complexity index is 1070. The monoisotopic (exact) mass is 462 g/mol. The van der Waals surface area contributed by atoms with Crippen LogP contribution in [-0.4, -0.2) is 60.8 Å². The molecule has 1 aliphatic heterocycles. The molecule has 0 saturated carbocycles. The molecule has 1 heterocycles. The average Bonchev–Trinajstić information content (AvgIpc) is 2.86. The minimum atomic E-state index is -1.02. The first kappa shape index (κ1) is 26.6. The van der Waals surface area contributed by atoms with Crippen LogP contribution in [0.3, 0.4) is 0 Å². The number of ether oxygens (including phenoxy) is 1. The highest BCUT2D eigenvalue weighted by molar-refractivity contribution is 5.97. The molecule has 2 aromatic rings. The second-order valence-electron chi connectivity index (χ2n) is 7.40. The van der Waals surface area contributed by atoms with Crippen molar-refractivity contribution in [3.63, 3.8) is 0 Å². The van der Waals surface area contributed by atoms with Gasteiger partial charge < -0.3 is 15.8 Å². The molecule has 1 saturated heterocycles. The molecule has 0 aliphatic carbocycles. The fourth-order valence-electron chi connectivity index (χ4n) is 3.17. The Balaban J connectivity index is 0.00000408. The second kappa shape index (κ2) is 13.8. The van der Waals surface area contributed by atoms with Crippen molar-refractivity contribution in [2.75, 3.05) is 32.8 Å². The van der Waals surface area contributed by atoms with E-state index in [4.69, 9.17) is 15.7 Å². The molecular formula is C26H30N4O4. The lowest BCUT2D eigenvalue weighted by molar-refractivity contribution is -0.130. The third kappa shape index (κ3) is 8.04. The van der Waals surface area contributed by atoms with Gasteiger partial charge >= 0.3 is 0 Å². The first-order valence-corrected chi connectivity index (χ1v) is 10.5. The van der Waals surface area contributed by atoms with Gasteiger partial charge in [-0.3, -0.25) is 19.7 Å². The molecule has 3 rings (SSSR count). The third-order valence-corrected chi connectivity index (χ3v) is 5.05. The van der Waals surface area contributed by atoms with Crippen molar-refractivity contribution in [2.45, 2.75) is 20.0 Å². The van der Waals surface area contributed by atoms with Gasteiger partial charge in [-0.2, -0.15) is 0 Å². The highest BCUT2D eigenvalue weighted by Gasteiger charge is 2.19. The Hall–Kier alpha value is -3.66. The Morgan fingerprint density at radius 1 is 1.00 bits per heavy atom. The van der Waals surface area contributed by atoms with E-state index in [0.717, 1.165) is 38.4 Å². The van der Waals surface area contributed by atoms with Gasteiger partial charge in [0, 0.05) is 42.9 Å². The number of rotatable bonds is 6. The summed E-state index contributed by atoms with van der Waals surface area (Å²) in [4.78, 5) is 26.0. The quantitative estimate of drug-likeness (QED) is 0.290. The van der Waals surface area contributed by atoms with Gasteiger partial charge in [0.05, 0.1) is 13.2 Å². The number of benzene rings is 2. The van der Waals surface area contributed by atoms with Crippen molar-refractivity contribution >= 4 is 11.8 Å². The number of hydrogen-bond donors (Lipinski definition) is 4. The summed E-state index contributed by atoms with van der Waals surface area (Å²) in [6.07, 6.45) is 0. The molecule has 1 atom stereocenters. The zero-order valence-corrected chi connectivity index (χ0v) is 18.1. The van der Waals surface area contributed by atoms with Crippen LogP contribution in [-0.2, 0) is 16.1 Å². The number of hydrogen-bond acceptors (Lipinski definition) is 6. The van der Waals surface area contributed by atoms with Crippen LogP contribution in [0.15, 0.2) is 48.5 Å². The number of carbonyl (C=O) groups is 2. The minimum absolute atomic E-state index is 0. The SMILES string of the molecule is C.NC[C@H](NC(=O)c1ccc(C#CC#Cc2ccc(CN3CCOCC3)cc2)cc1)C(=O)NO. The molecule has 1 fully saturated rings. The van der Waals surface area contributed by atoms with Crippen molar-refractivity contribution in [1.82, 2.24) is 15.7 Å². The number of carbonyl (C=O) groups excluding carboxylic acids is 2. The highest BCUT2D eigenvalue weighted by Crippen LogP contribution is 2.09. The van der Waals surface area contributed by atoms with Crippen LogP contribution < -0.4 is 16.5 Å². The average molecular weight is 463 g/mol. The fraction of sp³-hybridized carbons (Fsp3) is 0.308. The summed E-state index contributed by atoms with van der Waals surface area (Å²) in [5.74, 6) is 10.4. The molecule has 34 heavy (non-hydrogen) atoms. The summed E-state index contributed by atoms with van der Waals surface area (Å²) in [7, 11) is 0. The number of hydroxylamine groups is 1. The smallest absolute Gasteiger partial charge is 0.267 e. The summed E-state index contributed by atoms with van der Waals surface area (Å²) >= 11 is 0. The first-order valence-electron chi connectivity index (χ1n) is 10.5. The van der Waals surface area contributed by atoms with E-state index in [0.29, 0.717) is 11.1 Å². The summed E-state index contributed by atoms with van der Waals surface area (Å²) in [5, 5.41) is 11.1. The van der Waals surface area contributed by atoms with E-state index < -0.39 is 17.9 Å². The van der Waals surface area contributed by atoms with Crippen LogP contribution in [0.25, 0.3) is 0 Å². The van der Waals surface area contributed by atoms with Crippen LogP contribution in [0.5, 0.6) is 0 Å². The normalized spacial score (nSPS) is 13.7. The molecule has 8 heteroatoms. The van der Waals surface area contributed by atoms with E-state index in [-0.39, 0.29) is 14.0 Å². The van der Waals surface area contributed by atoms with E-state index in [1.54, 1.807) is 24.3 Å². The molecule has 2 aromatic carbocycles. The molecular weight excluding hydrogens is 432 g/mol. The van der Waals surface area contributed by atoms with E-state index in [1.165, 1.54) is 11.0 Å². The molecule has 178 valence electrons. The maximum Gasteiger partial charge on any atom is 0.267 e. The van der Waals surface area contributed by atoms with Crippen LogP contribution >= 0.6 is 0 Å². The van der Waals surface area contributed by atoms with Crippen LogP contribution in [0, 0.1) is 23.7 Å². The minimum Gasteiger partial charge on any atom is -0.379 e. The molecule has 8 nitrogen and oxygen atoms in total. The molecule has 5 N–H and O–H groups in total. The lowest BCUT2D eigenvalue weighted by Gasteiger charge is -2.26. The van der Waals surface area contributed by atoms with Crippen molar-refractivity contribution in [1.29, 1.82) is 0 Å². The van der Waals surface area contributed by atoms with E-state index in [2.05, 4.69) is 46.0 Å². The fourth-order valence-corrected chi connectivity index (χ4v) is 3.17. The van der Waals surface area contributed by atoms with Gasteiger partial charge in [-0.15, -0.1) is 0 Å². The van der Waals surface area contributed by atoms with Gasteiger partial charge in [0.25, 0.3) is 11.8 Å². The van der Waals surface area contributed by atoms with Crippen LogP contribution in [0.1, 0.15) is 34.5 Å². The van der Waals surface area contributed by atoms with Gasteiger partial charge in [0.1, 0.15) is 6.04 Å². The van der Waals surface area contributed by atoms with Crippen molar-refractivity contribution < 1.29 is 19.5 Å². The van der Waals surface area contributed by atoms with Gasteiger partial charge in [-0.05, 0) is 53.8 Å². The number of nitrogens with zero attached hydrogens (tertiary/aromatic N) is 1. The van der Waals surface area contributed by atoms with Crippen LogP contribution in [0.4, 0.5) is 0 Å². The van der Waals surface area contributed by atoms with Gasteiger partial charge in [0.2, 0.25) is 0 Å². The van der Waals surface area contributed by atoms with E-state index in [1.807, 2.05) is 12.1 Å². The predicted octanol–water partition coefficient (Wildman–Crippen LogP) is 1.12. The van der Waals surface area contributed by atoms with Crippen LogP contribution in [0.2, 0.25) is 0 Å².